The van der Waals surface area contributed by atoms with Crippen molar-refractivity contribution in [1.82, 2.24) is 5.32 Å². The van der Waals surface area contributed by atoms with Crippen LogP contribution in [0.2, 0.25) is 0 Å². The molecule has 25 heavy (non-hydrogen) atoms. The summed E-state index contributed by atoms with van der Waals surface area (Å²) >= 11 is 0. The summed E-state index contributed by atoms with van der Waals surface area (Å²) in [7, 11) is 0. The summed E-state index contributed by atoms with van der Waals surface area (Å²) in [4.78, 5) is 24.0. The van der Waals surface area contributed by atoms with E-state index in [2.05, 4.69) is 19.2 Å². The molecule has 1 aromatic carbocycles. The second-order valence-corrected chi connectivity index (χ2v) is 6.74. The molecule has 1 aromatic rings. The predicted octanol–water partition coefficient (Wildman–Crippen LogP) is 3.04. The third kappa shape index (κ3) is 8.16. The van der Waals surface area contributed by atoms with Crippen molar-refractivity contribution in [3.63, 3.8) is 0 Å². The molecule has 2 atom stereocenters. The van der Waals surface area contributed by atoms with Crippen LogP contribution in [0.1, 0.15) is 45.2 Å². The molecule has 0 saturated heterocycles. The van der Waals surface area contributed by atoms with Gasteiger partial charge in [-0.15, -0.1) is 0 Å². The summed E-state index contributed by atoms with van der Waals surface area (Å²) in [6.45, 7) is 10.5. The fourth-order valence-corrected chi connectivity index (χ4v) is 2.23. The van der Waals surface area contributed by atoms with Crippen molar-refractivity contribution in [1.29, 1.82) is 0 Å². The first-order valence-corrected chi connectivity index (χ1v) is 8.95. The van der Waals surface area contributed by atoms with Gasteiger partial charge in [0.1, 0.15) is 0 Å². The molecule has 0 bridgehead atoms. The van der Waals surface area contributed by atoms with Crippen LogP contribution in [-0.4, -0.2) is 37.2 Å². The Morgan fingerprint density at radius 3 is 2.40 bits per heavy atom. The Labute approximate surface area is 151 Å². The first-order chi connectivity index (χ1) is 11.8. The lowest BCUT2D eigenvalue weighted by molar-refractivity contribution is -0.165. The highest BCUT2D eigenvalue weighted by atomic mass is 16.6. The van der Waals surface area contributed by atoms with Crippen LogP contribution < -0.4 is 5.32 Å². The third-order valence-corrected chi connectivity index (χ3v) is 4.01. The molecule has 1 rings (SSSR count). The molecule has 0 spiro atoms. The quantitative estimate of drug-likeness (QED) is 0.660. The van der Waals surface area contributed by atoms with Crippen LogP contribution in [0.3, 0.4) is 0 Å². The van der Waals surface area contributed by atoms with Crippen molar-refractivity contribution in [3.8, 4) is 0 Å². The molecule has 0 saturated carbocycles. The molecule has 1 N–H and O–H groups in total. The molecule has 0 aliphatic rings. The zero-order valence-electron chi connectivity index (χ0n) is 16.0. The standard InChI is InChI=1S/C20H31NO4/c1-14(2)11-13-24-17(5)20(23)25-16(4)19(22)21-12-10-18-9-7-6-8-15(18)3/h6-9,14,16-17H,10-13H2,1-5H3,(H,21,22). The van der Waals surface area contributed by atoms with E-state index in [1.807, 2.05) is 31.2 Å². The maximum absolute atomic E-state index is 12.1. The first-order valence-electron chi connectivity index (χ1n) is 8.95. The van der Waals surface area contributed by atoms with Crippen LogP contribution in [0.25, 0.3) is 0 Å². The van der Waals surface area contributed by atoms with Crippen LogP contribution in [0.4, 0.5) is 0 Å². The van der Waals surface area contributed by atoms with Gasteiger partial charge >= 0.3 is 5.97 Å². The van der Waals surface area contributed by atoms with E-state index in [-0.39, 0.29) is 5.91 Å². The summed E-state index contributed by atoms with van der Waals surface area (Å²) in [5.41, 5.74) is 2.39. The Hall–Kier alpha value is -1.88. The van der Waals surface area contributed by atoms with E-state index in [1.165, 1.54) is 11.1 Å². The Kier molecular flexibility index (Phi) is 9.21. The Bertz CT molecular complexity index is 556. The van der Waals surface area contributed by atoms with Crippen molar-refractivity contribution < 1.29 is 19.1 Å². The van der Waals surface area contributed by atoms with Crippen LogP contribution >= 0.6 is 0 Å². The van der Waals surface area contributed by atoms with Gasteiger partial charge < -0.3 is 14.8 Å². The van der Waals surface area contributed by atoms with Crippen molar-refractivity contribution >= 4 is 11.9 Å². The maximum Gasteiger partial charge on any atom is 0.335 e. The summed E-state index contributed by atoms with van der Waals surface area (Å²) in [6, 6.07) is 8.06. The highest BCUT2D eigenvalue weighted by molar-refractivity contribution is 5.84. The van der Waals surface area contributed by atoms with Crippen molar-refractivity contribution in [2.75, 3.05) is 13.2 Å². The molecule has 1 amide bonds. The van der Waals surface area contributed by atoms with Gasteiger partial charge in [-0.3, -0.25) is 4.79 Å². The molecule has 0 radical (unpaired) electrons. The fraction of sp³-hybridized carbons (Fsp3) is 0.600. The molecular formula is C20H31NO4. The van der Waals surface area contributed by atoms with E-state index in [9.17, 15) is 9.59 Å². The average Bonchev–Trinajstić information content (AvgIpc) is 2.55. The minimum Gasteiger partial charge on any atom is -0.451 e. The second-order valence-electron chi connectivity index (χ2n) is 6.74. The van der Waals surface area contributed by atoms with Crippen LogP contribution in [0, 0.1) is 12.8 Å². The minimum atomic E-state index is -0.833. The summed E-state index contributed by atoms with van der Waals surface area (Å²) in [6.07, 6.45) is 0.127. The molecule has 0 aliphatic heterocycles. The molecule has 140 valence electrons. The van der Waals surface area contributed by atoms with Gasteiger partial charge in [-0.1, -0.05) is 38.1 Å². The largest absolute Gasteiger partial charge is 0.451 e. The Morgan fingerprint density at radius 2 is 1.76 bits per heavy atom. The molecule has 2 unspecified atom stereocenters. The predicted molar refractivity (Wildman–Crippen MR) is 98.3 cm³/mol. The van der Waals surface area contributed by atoms with E-state index in [0.29, 0.717) is 19.1 Å². The smallest absolute Gasteiger partial charge is 0.335 e. The lowest BCUT2D eigenvalue weighted by Gasteiger charge is -2.17. The van der Waals surface area contributed by atoms with Crippen molar-refractivity contribution in [3.05, 3.63) is 35.4 Å². The van der Waals surface area contributed by atoms with Gasteiger partial charge in [-0.2, -0.15) is 0 Å². The number of carbonyl (C=O) groups excluding carboxylic acids is 2. The summed E-state index contributed by atoms with van der Waals surface area (Å²) in [5, 5.41) is 2.80. The Morgan fingerprint density at radius 1 is 1.08 bits per heavy atom. The number of rotatable bonds is 10. The number of aryl methyl sites for hydroxylation is 1. The number of ether oxygens (including phenoxy) is 2. The van der Waals surface area contributed by atoms with Gasteiger partial charge in [0.15, 0.2) is 12.2 Å². The van der Waals surface area contributed by atoms with Crippen LogP contribution in [0.5, 0.6) is 0 Å². The molecule has 0 aliphatic carbocycles. The van der Waals surface area contributed by atoms with Gasteiger partial charge in [0, 0.05) is 13.2 Å². The SMILES string of the molecule is Cc1ccccc1CCNC(=O)C(C)OC(=O)C(C)OCCC(C)C. The van der Waals surface area contributed by atoms with Crippen LogP contribution in [0.15, 0.2) is 24.3 Å². The normalized spacial score (nSPS) is 13.4. The zero-order valence-corrected chi connectivity index (χ0v) is 16.0. The van der Waals surface area contributed by atoms with E-state index < -0.39 is 18.2 Å². The van der Waals surface area contributed by atoms with E-state index in [4.69, 9.17) is 9.47 Å². The number of nitrogens with one attached hydrogen (secondary N) is 1. The van der Waals surface area contributed by atoms with Crippen LogP contribution in [-0.2, 0) is 25.5 Å². The fourth-order valence-electron chi connectivity index (χ4n) is 2.23. The minimum absolute atomic E-state index is 0.295. The molecular weight excluding hydrogens is 318 g/mol. The number of hydrogen-bond donors (Lipinski definition) is 1. The first kappa shape index (κ1) is 21.2. The van der Waals surface area contributed by atoms with E-state index in [1.54, 1.807) is 13.8 Å². The maximum atomic E-state index is 12.1. The third-order valence-electron chi connectivity index (χ3n) is 4.01. The highest BCUT2D eigenvalue weighted by Gasteiger charge is 2.22. The van der Waals surface area contributed by atoms with Gasteiger partial charge in [-0.05, 0) is 50.7 Å². The number of benzene rings is 1. The lowest BCUT2D eigenvalue weighted by Crippen LogP contribution is -2.39. The lowest BCUT2D eigenvalue weighted by atomic mass is 10.1. The summed E-state index contributed by atoms with van der Waals surface area (Å²) in [5.74, 6) is -0.289. The van der Waals surface area contributed by atoms with E-state index in [0.717, 1.165) is 12.8 Å². The number of hydrogen-bond acceptors (Lipinski definition) is 4. The monoisotopic (exact) mass is 349 g/mol. The summed E-state index contributed by atoms with van der Waals surface area (Å²) < 4.78 is 10.6. The number of carbonyl (C=O) groups is 2. The molecule has 5 heteroatoms. The molecule has 0 heterocycles. The molecule has 0 fully saturated rings. The Balaban J connectivity index is 2.31. The highest BCUT2D eigenvalue weighted by Crippen LogP contribution is 2.07. The van der Waals surface area contributed by atoms with Gasteiger partial charge in [0.05, 0.1) is 0 Å². The number of esters is 1. The van der Waals surface area contributed by atoms with Gasteiger partial charge in [-0.25, -0.2) is 4.79 Å². The second kappa shape index (κ2) is 10.9. The average molecular weight is 349 g/mol. The molecule has 5 nitrogen and oxygen atoms in total. The van der Waals surface area contributed by atoms with Gasteiger partial charge in [0.2, 0.25) is 0 Å². The van der Waals surface area contributed by atoms with Crippen molar-refractivity contribution in [2.24, 2.45) is 5.92 Å². The number of amides is 1. The van der Waals surface area contributed by atoms with Gasteiger partial charge in [0.25, 0.3) is 5.91 Å². The van der Waals surface area contributed by atoms with Crippen molar-refractivity contribution in [2.45, 2.75) is 59.7 Å². The van der Waals surface area contributed by atoms with E-state index >= 15 is 0 Å². The zero-order chi connectivity index (χ0) is 18.8. The molecule has 0 aromatic heterocycles. The topological polar surface area (TPSA) is 64.6 Å².